The van der Waals surface area contributed by atoms with E-state index < -0.39 is 36.6 Å². The second kappa shape index (κ2) is 6.14. The Morgan fingerprint density at radius 2 is 2.11 bits per heavy atom. The Balaban J connectivity index is 2.55. The number of imide groups is 1. The minimum Gasteiger partial charge on any atom is -0.480 e. The van der Waals surface area contributed by atoms with E-state index in [4.69, 9.17) is 10.2 Å². The van der Waals surface area contributed by atoms with Gasteiger partial charge in [0, 0.05) is 13.5 Å². The lowest BCUT2D eigenvalue weighted by atomic mass is 10.1. The Morgan fingerprint density at radius 3 is 2.63 bits per heavy atom. The summed E-state index contributed by atoms with van der Waals surface area (Å²) in [6.45, 7) is -0.764. The molecule has 19 heavy (non-hydrogen) atoms. The Hall–Kier alpha value is -2.16. The van der Waals surface area contributed by atoms with Gasteiger partial charge in [-0.15, -0.1) is 0 Å². The molecule has 2 atom stereocenters. The van der Waals surface area contributed by atoms with Gasteiger partial charge in [0.05, 0.1) is 6.61 Å². The first kappa shape index (κ1) is 14.9. The van der Waals surface area contributed by atoms with Crippen LogP contribution in [0.25, 0.3) is 0 Å². The molecule has 1 heterocycles. The summed E-state index contributed by atoms with van der Waals surface area (Å²) >= 11 is 0. The maximum absolute atomic E-state index is 11.7. The van der Waals surface area contributed by atoms with Crippen molar-refractivity contribution in [2.45, 2.75) is 24.9 Å². The van der Waals surface area contributed by atoms with Crippen LogP contribution in [0, 0.1) is 0 Å². The van der Waals surface area contributed by atoms with Gasteiger partial charge in [-0.1, -0.05) is 0 Å². The van der Waals surface area contributed by atoms with Gasteiger partial charge in [-0.25, -0.2) is 9.59 Å². The topological polar surface area (TPSA) is 136 Å². The van der Waals surface area contributed by atoms with E-state index in [-0.39, 0.29) is 18.7 Å². The molecule has 9 nitrogen and oxygen atoms in total. The van der Waals surface area contributed by atoms with E-state index in [0.29, 0.717) is 0 Å². The third-order valence-electron chi connectivity index (χ3n) is 2.74. The molecule has 0 aromatic carbocycles. The van der Waals surface area contributed by atoms with E-state index in [0.717, 1.165) is 4.90 Å². The number of nitrogens with one attached hydrogen (secondary N) is 2. The van der Waals surface area contributed by atoms with Crippen LogP contribution in [0.1, 0.15) is 12.8 Å². The molecule has 106 valence electrons. The third-order valence-corrected chi connectivity index (χ3v) is 2.74. The lowest BCUT2D eigenvalue weighted by molar-refractivity contribution is -0.147. The molecule has 0 radical (unpaired) electrons. The van der Waals surface area contributed by atoms with Gasteiger partial charge in [0.2, 0.25) is 5.91 Å². The van der Waals surface area contributed by atoms with Crippen molar-refractivity contribution in [2.75, 3.05) is 13.7 Å². The number of aliphatic hydroxyl groups excluding tert-OH is 1. The van der Waals surface area contributed by atoms with Crippen molar-refractivity contribution in [2.24, 2.45) is 0 Å². The van der Waals surface area contributed by atoms with Crippen LogP contribution < -0.4 is 10.6 Å². The number of hydrogen-bond donors (Lipinski definition) is 4. The number of carbonyl (C=O) groups is 4. The number of aliphatic hydroxyl groups is 1. The summed E-state index contributed by atoms with van der Waals surface area (Å²) in [5, 5.41) is 21.6. The van der Waals surface area contributed by atoms with Crippen molar-refractivity contribution >= 4 is 23.8 Å². The first-order valence-electron chi connectivity index (χ1n) is 5.58. The smallest absolute Gasteiger partial charge is 0.328 e. The van der Waals surface area contributed by atoms with E-state index in [1.807, 2.05) is 5.32 Å². The monoisotopic (exact) mass is 273 g/mol. The Kier molecular flexibility index (Phi) is 4.81. The highest BCUT2D eigenvalue weighted by Gasteiger charge is 2.33. The average Bonchev–Trinajstić information content (AvgIpc) is 2.36. The quantitative estimate of drug-likeness (QED) is 0.432. The minimum absolute atomic E-state index is 0.121. The summed E-state index contributed by atoms with van der Waals surface area (Å²) in [5.41, 5.74) is 0. The van der Waals surface area contributed by atoms with Crippen LogP contribution in [0.2, 0.25) is 0 Å². The zero-order valence-corrected chi connectivity index (χ0v) is 10.3. The molecule has 1 saturated heterocycles. The number of aliphatic carboxylic acids is 1. The normalized spacial score (nSPS) is 20.9. The van der Waals surface area contributed by atoms with Crippen LogP contribution >= 0.6 is 0 Å². The highest BCUT2D eigenvalue weighted by atomic mass is 16.4. The van der Waals surface area contributed by atoms with Crippen LogP contribution in [-0.2, 0) is 14.4 Å². The maximum Gasteiger partial charge on any atom is 0.328 e. The van der Waals surface area contributed by atoms with Crippen LogP contribution in [0.15, 0.2) is 0 Å². The Labute approximate surface area is 108 Å². The molecule has 0 spiro atoms. The van der Waals surface area contributed by atoms with Crippen molar-refractivity contribution in [3.8, 4) is 0 Å². The van der Waals surface area contributed by atoms with Gasteiger partial charge in [-0.3, -0.25) is 14.5 Å². The molecule has 1 fully saturated rings. The molecule has 1 aliphatic heterocycles. The third kappa shape index (κ3) is 3.65. The van der Waals surface area contributed by atoms with E-state index >= 15 is 0 Å². The summed E-state index contributed by atoms with van der Waals surface area (Å²) in [5.74, 6) is -2.27. The molecular weight excluding hydrogens is 258 g/mol. The van der Waals surface area contributed by atoms with Gasteiger partial charge in [0.1, 0.15) is 6.04 Å². The molecule has 0 bridgehead atoms. The fourth-order valence-corrected chi connectivity index (χ4v) is 1.59. The number of piperidine rings is 1. The molecule has 1 unspecified atom stereocenters. The highest BCUT2D eigenvalue weighted by Crippen LogP contribution is 2.11. The van der Waals surface area contributed by atoms with Gasteiger partial charge in [0.25, 0.3) is 5.91 Å². The number of likely N-dealkylation sites (tertiary alicyclic amines) is 1. The van der Waals surface area contributed by atoms with Crippen molar-refractivity contribution in [3.05, 3.63) is 0 Å². The standard InChI is InChI=1S/C10H15N3O6/c1-13-7(15)3-2-5(8(13)16)11-10(19)12-6(4-14)9(17)18/h5-6,14H,2-4H2,1H3,(H,17,18)(H2,11,12,19)/t5?,6-/m0/s1. The number of nitrogens with zero attached hydrogens (tertiary/aromatic N) is 1. The number of carboxylic acid groups (broad SMARTS) is 1. The zero-order chi connectivity index (χ0) is 14.6. The first-order valence-corrected chi connectivity index (χ1v) is 5.58. The number of carboxylic acids is 1. The highest BCUT2D eigenvalue weighted by molar-refractivity contribution is 6.01. The van der Waals surface area contributed by atoms with E-state index in [9.17, 15) is 19.2 Å². The minimum atomic E-state index is -1.45. The summed E-state index contributed by atoms with van der Waals surface area (Å²) < 4.78 is 0. The molecule has 0 saturated carbocycles. The molecular formula is C10H15N3O6. The van der Waals surface area contributed by atoms with E-state index in [1.165, 1.54) is 7.05 Å². The van der Waals surface area contributed by atoms with Crippen LogP contribution in [0.5, 0.6) is 0 Å². The number of likely N-dealkylation sites (N-methyl/N-ethyl adjacent to an activating group) is 1. The fourth-order valence-electron chi connectivity index (χ4n) is 1.59. The first-order chi connectivity index (χ1) is 8.86. The number of carbonyl (C=O) groups excluding carboxylic acids is 3. The lowest BCUT2D eigenvalue weighted by Gasteiger charge is -2.28. The number of hydrogen-bond acceptors (Lipinski definition) is 5. The average molecular weight is 273 g/mol. The Bertz CT molecular complexity index is 410. The molecule has 0 aliphatic carbocycles. The zero-order valence-electron chi connectivity index (χ0n) is 10.3. The molecule has 1 aliphatic rings. The molecule has 0 aromatic rings. The summed E-state index contributed by atoms with van der Waals surface area (Å²) in [4.78, 5) is 45.8. The lowest BCUT2D eigenvalue weighted by Crippen LogP contribution is -2.57. The molecule has 1 rings (SSSR count). The second-order valence-corrected chi connectivity index (χ2v) is 4.07. The molecule has 9 heteroatoms. The van der Waals surface area contributed by atoms with Gasteiger partial charge in [-0.05, 0) is 6.42 Å². The largest absolute Gasteiger partial charge is 0.480 e. The number of urea groups is 1. The van der Waals surface area contributed by atoms with Gasteiger partial charge in [0.15, 0.2) is 6.04 Å². The van der Waals surface area contributed by atoms with Gasteiger partial charge in [-0.2, -0.15) is 0 Å². The SMILES string of the molecule is CN1C(=O)CCC(NC(=O)N[C@@H](CO)C(=O)O)C1=O. The molecule has 4 N–H and O–H groups in total. The molecule has 4 amide bonds. The van der Waals surface area contributed by atoms with E-state index in [1.54, 1.807) is 0 Å². The second-order valence-electron chi connectivity index (χ2n) is 4.07. The van der Waals surface area contributed by atoms with Gasteiger partial charge < -0.3 is 20.8 Å². The number of amides is 4. The summed E-state index contributed by atoms with van der Waals surface area (Å²) in [6, 6.07) is -3.21. The van der Waals surface area contributed by atoms with Crippen molar-refractivity contribution < 1.29 is 29.4 Å². The predicted molar refractivity (Wildman–Crippen MR) is 61.0 cm³/mol. The summed E-state index contributed by atoms with van der Waals surface area (Å²) in [6.07, 6.45) is 0.280. The predicted octanol–water partition coefficient (Wildman–Crippen LogP) is -2.12. The van der Waals surface area contributed by atoms with E-state index in [2.05, 4.69) is 5.32 Å². The van der Waals surface area contributed by atoms with Crippen molar-refractivity contribution in [1.82, 2.24) is 15.5 Å². The van der Waals surface area contributed by atoms with Gasteiger partial charge >= 0.3 is 12.0 Å². The summed E-state index contributed by atoms with van der Waals surface area (Å²) in [7, 11) is 1.31. The van der Waals surface area contributed by atoms with Crippen LogP contribution in [0.3, 0.4) is 0 Å². The fraction of sp³-hybridized carbons (Fsp3) is 0.600. The maximum atomic E-state index is 11.7. The van der Waals surface area contributed by atoms with Crippen LogP contribution in [-0.4, -0.2) is 64.7 Å². The molecule has 0 aromatic heterocycles. The number of rotatable bonds is 4. The van der Waals surface area contributed by atoms with Crippen molar-refractivity contribution in [1.29, 1.82) is 0 Å². The van der Waals surface area contributed by atoms with Crippen LogP contribution in [0.4, 0.5) is 4.79 Å². The van der Waals surface area contributed by atoms with Crippen molar-refractivity contribution in [3.63, 3.8) is 0 Å². The Morgan fingerprint density at radius 1 is 1.47 bits per heavy atom.